The molecule has 0 spiro atoms. The van der Waals surface area contributed by atoms with Crippen LogP contribution in [0.2, 0.25) is 0 Å². The minimum Gasteiger partial charge on any atom is -0.454 e. The van der Waals surface area contributed by atoms with Gasteiger partial charge in [0.15, 0.2) is 16.6 Å². The normalized spacial score (nSPS) is 18.3. The van der Waals surface area contributed by atoms with E-state index in [0.717, 1.165) is 16.7 Å². The van der Waals surface area contributed by atoms with E-state index in [1.54, 1.807) is 6.07 Å². The minimum absolute atomic E-state index is 0.120. The number of thiocarbonyl (C=S) groups is 1. The zero-order valence-electron chi connectivity index (χ0n) is 14.1. The zero-order chi connectivity index (χ0) is 18.4. The van der Waals surface area contributed by atoms with Crippen LogP contribution < -0.4 is 20.4 Å². The quantitative estimate of drug-likeness (QED) is 0.545. The predicted octanol–water partition coefficient (Wildman–Crippen LogP) is 3.33. The van der Waals surface area contributed by atoms with E-state index >= 15 is 0 Å². The van der Waals surface area contributed by atoms with Gasteiger partial charge in [-0.25, -0.2) is 9.79 Å². The molecule has 2 aromatic carbocycles. The van der Waals surface area contributed by atoms with Gasteiger partial charge in [-0.2, -0.15) is 0 Å². The molecule has 0 bridgehead atoms. The second kappa shape index (κ2) is 6.21. The van der Waals surface area contributed by atoms with Gasteiger partial charge in [-0.3, -0.25) is 0 Å². The molecule has 0 amide bonds. The van der Waals surface area contributed by atoms with Crippen molar-refractivity contribution in [2.24, 2.45) is 4.99 Å². The minimum atomic E-state index is -0.415. The maximum absolute atomic E-state index is 12.5. The van der Waals surface area contributed by atoms with E-state index < -0.39 is 5.63 Å². The molecule has 1 N–H and O–H groups in total. The Morgan fingerprint density at radius 3 is 2.85 bits per heavy atom. The number of benzene rings is 2. The molecule has 0 radical (unpaired) electrons. The summed E-state index contributed by atoms with van der Waals surface area (Å²) in [5.74, 6) is 1.43. The van der Waals surface area contributed by atoms with Gasteiger partial charge >= 0.3 is 5.63 Å². The second-order valence-corrected chi connectivity index (χ2v) is 6.75. The average molecular weight is 378 g/mol. The Hall–Kier alpha value is -3.19. The smallest absolute Gasteiger partial charge is 0.345 e. The SMILES string of the molecule is O=c1oc2ccccc2cc1C1=NC(=S)N[C@H](c2ccc3c(c2)OCO3)C1. The molecule has 134 valence electrons. The van der Waals surface area contributed by atoms with E-state index in [1.165, 1.54) is 0 Å². The van der Waals surface area contributed by atoms with Crippen LogP contribution in [0, 0.1) is 0 Å². The van der Waals surface area contributed by atoms with Crippen molar-refractivity contribution in [1.29, 1.82) is 0 Å². The first-order chi connectivity index (χ1) is 13.2. The van der Waals surface area contributed by atoms with E-state index in [2.05, 4.69) is 10.3 Å². The summed E-state index contributed by atoms with van der Waals surface area (Å²) in [6.45, 7) is 0.222. The summed E-state index contributed by atoms with van der Waals surface area (Å²) in [6.07, 6.45) is 0.503. The number of hydrogen-bond donors (Lipinski definition) is 1. The van der Waals surface area contributed by atoms with Gasteiger partial charge in [-0.15, -0.1) is 0 Å². The van der Waals surface area contributed by atoms with E-state index in [4.69, 9.17) is 26.1 Å². The van der Waals surface area contributed by atoms with Gasteiger partial charge in [-0.1, -0.05) is 24.3 Å². The maximum atomic E-state index is 12.5. The third-order valence-electron chi connectivity index (χ3n) is 4.68. The van der Waals surface area contributed by atoms with Crippen molar-refractivity contribution in [3.8, 4) is 11.5 Å². The highest BCUT2D eigenvalue weighted by Gasteiger charge is 2.25. The molecular formula is C20H14N2O4S. The van der Waals surface area contributed by atoms with Crippen LogP contribution in [0.25, 0.3) is 11.0 Å². The van der Waals surface area contributed by atoms with E-state index in [1.807, 2.05) is 42.5 Å². The molecule has 6 nitrogen and oxygen atoms in total. The lowest BCUT2D eigenvalue weighted by molar-refractivity contribution is 0.174. The molecule has 1 aromatic heterocycles. The molecule has 3 aromatic rings. The van der Waals surface area contributed by atoms with Crippen LogP contribution in [0.4, 0.5) is 0 Å². The highest BCUT2D eigenvalue weighted by Crippen LogP contribution is 2.35. The Morgan fingerprint density at radius 2 is 1.93 bits per heavy atom. The van der Waals surface area contributed by atoms with Crippen molar-refractivity contribution in [3.05, 3.63) is 70.1 Å². The Morgan fingerprint density at radius 1 is 1.07 bits per heavy atom. The first-order valence-electron chi connectivity index (χ1n) is 8.48. The highest BCUT2D eigenvalue weighted by atomic mass is 32.1. The fourth-order valence-electron chi connectivity index (χ4n) is 3.36. The number of para-hydroxylation sites is 1. The second-order valence-electron chi connectivity index (χ2n) is 6.36. The molecule has 7 heteroatoms. The molecule has 3 heterocycles. The first-order valence-corrected chi connectivity index (χ1v) is 8.89. The number of ether oxygens (including phenoxy) is 2. The van der Waals surface area contributed by atoms with Gasteiger partial charge in [-0.05, 0) is 42.0 Å². The van der Waals surface area contributed by atoms with Gasteiger partial charge in [0.1, 0.15) is 5.58 Å². The Bertz CT molecular complexity index is 1170. The van der Waals surface area contributed by atoms with Crippen molar-refractivity contribution in [2.45, 2.75) is 12.5 Å². The fraction of sp³-hybridized carbons (Fsp3) is 0.150. The van der Waals surface area contributed by atoms with Gasteiger partial charge in [0.25, 0.3) is 0 Å². The molecule has 0 saturated heterocycles. The Kier molecular flexibility index (Phi) is 3.68. The third-order valence-corrected chi connectivity index (χ3v) is 4.89. The summed E-state index contributed by atoms with van der Waals surface area (Å²) in [7, 11) is 0. The highest BCUT2D eigenvalue weighted by molar-refractivity contribution is 7.80. The lowest BCUT2D eigenvalue weighted by Gasteiger charge is -2.25. The van der Waals surface area contributed by atoms with Gasteiger partial charge in [0, 0.05) is 11.8 Å². The topological polar surface area (TPSA) is 73.1 Å². The van der Waals surface area contributed by atoms with Gasteiger partial charge in [0.2, 0.25) is 6.79 Å². The molecule has 0 fully saturated rings. The predicted molar refractivity (Wildman–Crippen MR) is 105 cm³/mol. The molecule has 0 aliphatic carbocycles. The Balaban J connectivity index is 1.53. The van der Waals surface area contributed by atoms with Crippen molar-refractivity contribution in [3.63, 3.8) is 0 Å². The first kappa shape index (κ1) is 16.0. The largest absolute Gasteiger partial charge is 0.454 e. The van der Waals surface area contributed by atoms with Crippen molar-refractivity contribution < 1.29 is 13.9 Å². The van der Waals surface area contributed by atoms with Crippen LogP contribution in [0.3, 0.4) is 0 Å². The number of hydrogen-bond acceptors (Lipinski definition) is 5. The standard InChI is InChI=1S/C20H14N2O4S/c23-19-13(7-12-3-1-2-4-16(12)26-19)15-9-14(21-20(27)22-15)11-5-6-17-18(8-11)25-10-24-17/h1-8,14H,9-10H2,(H,21,27)/t14-/m0/s1. The van der Waals surface area contributed by atoms with Gasteiger partial charge in [0.05, 0.1) is 17.3 Å². The summed E-state index contributed by atoms with van der Waals surface area (Å²) in [4.78, 5) is 16.9. The van der Waals surface area contributed by atoms with E-state index in [9.17, 15) is 4.79 Å². The molecule has 1 atom stereocenters. The number of fused-ring (bicyclic) bond motifs is 2. The van der Waals surface area contributed by atoms with E-state index in [-0.39, 0.29) is 12.8 Å². The van der Waals surface area contributed by atoms with Crippen molar-refractivity contribution >= 4 is 34.0 Å². The van der Waals surface area contributed by atoms with E-state index in [0.29, 0.717) is 34.1 Å². The monoisotopic (exact) mass is 378 g/mol. The van der Waals surface area contributed by atoms with Crippen LogP contribution in [0.5, 0.6) is 11.5 Å². The average Bonchev–Trinajstić information content (AvgIpc) is 3.14. The van der Waals surface area contributed by atoms with Crippen LogP contribution in [-0.2, 0) is 0 Å². The lowest BCUT2D eigenvalue weighted by atomic mass is 9.96. The number of nitrogens with zero attached hydrogens (tertiary/aromatic N) is 1. The van der Waals surface area contributed by atoms with Crippen molar-refractivity contribution in [2.75, 3.05) is 6.79 Å². The molecule has 0 unspecified atom stereocenters. The van der Waals surface area contributed by atoms with Gasteiger partial charge < -0.3 is 19.2 Å². The summed E-state index contributed by atoms with van der Waals surface area (Å²) in [5.41, 5.74) is 2.17. The Labute approximate surface area is 159 Å². The molecule has 27 heavy (non-hydrogen) atoms. The molecule has 2 aliphatic heterocycles. The molecule has 5 rings (SSSR count). The molecule has 0 saturated carbocycles. The summed E-state index contributed by atoms with van der Waals surface area (Å²) >= 11 is 5.31. The summed E-state index contributed by atoms with van der Waals surface area (Å²) < 4.78 is 16.3. The van der Waals surface area contributed by atoms with Crippen LogP contribution in [0.15, 0.2) is 62.7 Å². The maximum Gasteiger partial charge on any atom is 0.345 e. The van der Waals surface area contributed by atoms with Crippen molar-refractivity contribution in [1.82, 2.24) is 5.32 Å². The third kappa shape index (κ3) is 2.86. The number of nitrogens with one attached hydrogen (secondary N) is 1. The lowest BCUT2D eigenvalue weighted by Crippen LogP contribution is -2.34. The van der Waals surface area contributed by atoms with Crippen LogP contribution in [-0.4, -0.2) is 17.6 Å². The number of aliphatic imine (C=N–C) groups is 1. The fourth-order valence-corrected chi connectivity index (χ4v) is 3.61. The summed E-state index contributed by atoms with van der Waals surface area (Å²) in [6, 6.07) is 14.8. The van der Waals surface area contributed by atoms with Crippen LogP contribution in [0.1, 0.15) is 23.6 Å². The molecular weight excluding hydrogens is 364 g/mol. The zero-order valence-corrected chi connectivity index (χ0v) is 14.9. The number of rotatable bonds is 2. The molecule has 2 aliphatic rings. The summed E-state index contributed by atoms with van der Waals surface area (Å²) in [5, 5.41) is 4.38. The van der Waals surface area contributed by atoms with Crippen LogP contribution >= 0.6 is 12.2 Å².